The molecule has 1 aliphatic heterocycles. The number of anilines is 1. The van der Waals surface area contributed by atoms with Crippen molar-refractivity contribution < 1.29 is 27.1 Å². The Balaban J connectivity index is 2.22. The molecule has 0 saturated heterocycles. The Morgan fingerprint density at radius 2 is 2.08 bits per heavy atom. The molecule has 0 aromatic heterocycles. The fraction of sp³-hybridized carbons (Fsp3) is 0.471. The number of hydrogen-bond donors (Lipinski definition) is 1. The van der Waals surface area contributed by atoms with Crippen molar-refractivity contribution >= 4 is 11.6 Å². The first-order chi connectivity index (χ1) is 11.3. The Bertz CT molecular complexity index is 682. The molecule has 0 bridgehead atoms. The van der Waals surface area contributed by atoms with Crippen LogP contribution in [0.1, 0.15) is 31.7 Å². The molecule has 0 spiro atoms. The number of benzene rings is 1. The van der Waals surface area contributed by atoms with Crippen molar-refractivity contribution in [2.24, 2.45) is 5.92 Å². The molecule has 1 fully saturated rings. The van der Waals surface area contributed by atoms with Crippen LogP contribution in [0.15, 0.2) is 30.4 Å². The molecule has 0 radical (unpaired) electrons. The molecule has 7 heteroatoms. The van der Waals surface area contributed by atoms with Gasteiger partial charge < -0.3 is 10.1 Å². The lowest BCUT2D eigenvalue weighted by Crippen LogP contribution is -2.46. The highest BCUT2D eigenvalue weighted by molar-refractivity contribution is 5.96. The molecule has 1 N–H and O–H groups in total. The minimum atomic E-state index is -4.85. The van der Waals surface area contributed by atoms with Crippen molar-refractivity contribution in [2.75, 3.05) is 5.32 Å². The van der Waals surface area contributed by atoms with Crippen molar-refractivity contribution in [3.8, 4) is 0 Å². The molecular formula is C17H17F4NO2. The van der Waals surface area contributed by atoms with Crippen molar-refractivity contribution in [3.05, 3.63) is 41.7 Å². The van der Waals surface area contributed by atoms with Gasteiger partial charge in [0.15, 0.2) is 0 Å². The van der Waals surface area contributed by atoms with E-state index >= 15 is 0 Å². The van der Waals surface area contributed by atoms with E-state index in [2.05, 4.69) is 5.32 Å². The number of ether oxygens (including phenoxy) is 1. The number of nitrogens with one attached hydrogen (secondary N) is 1. The third-order valence-corrected chi connectivity index (χ3v) is 4.28. The van der Waals surface area contributed by atoms with Crippen LogP contribution in [0.2, 0.25) is 0 Å². The predicted molar refractivity (Wildman–Crippen MR) is 79.8 cm³/mol. The number of carbonyl (C=O) groups is 1. The summed E-state index contributed by atoms with van der Waals surface area (Å²) in [5.41, 5.74) is -3.38. The number of rotatable bonds is 3. The summed E-state index contributed by atoms with van der Waals surface area (Å²) in [6, 6.07) is 2.92. The zero-order valence-electron chi connectivity index (χ0n) is 13.0. The van der Waals surface area contributed by atoms with Gasteiger partial charge in [-0.25, -0.2) is 4.39 Å². The topological polar surface area (TPSA) is 38.3 Å². The van der Waals surface area contributed by atoms with E-state index in [9.17, 15) is 22.4 Å². The third kappa shape index (κ3) is 2.92. The van der Waals surface area contributed by atoms with Crippen molar-refractivity contribution in [3.63, 3.8) is 0 Å². The first kappa shape index (κ1) is 17.0. The minimum Gasteiger partial charge on any atom is -0.344 e. The maximum atomic E-state index is 14.1. The molecule has 130 valence electrons. The van der Waals surface area contributed by atoms with E-state index in [1.165, 1.54) is 6.08 Å². The fourth-order valence-corrected chi connectivity index (χ4v) is 2.76. The second kappa shape index (κ2) is 5.88. The normalized spacial score (nSPS) is 27.7. The number of carbonyl (C=O) groups excluding carboxylic acids is 1. The van der Waals surface area contributed by atoms with Gasteiger partial charge in [-0.05, 0) is 49.5 Å². The molecule has 2 atom stereocenters. The molecule has 1 aromatic rings. The molecule has 1 aromatic carbocycles. The Morgan fingerprint density at radius 1 is 1.38 bits per heavy atom. The molecular weight excluding hydrogens is 326 g/mol. The molecule has 1 heterocycles. The van der Waals surface area contributed by atoms with Gasteiger partial charge in [-0.1, -0.05) is 13.0 Å². The van der Waals surface area contributed by atoms with Crippen LogP contribution in [-0.4, -0.2) is 18.2 Å². The van der Waals surface area contributed by atoms with Crippen LogP contribution in [0.25, 0.3) is 0 Å². The highest BCUT2D eigenvalue weighted by Crippen LogP contribution is 2.49. The SMILES string of the molecule is CCC1OC(/C=C/C2CC2)(C(F)(F)F)c2cc(F)ccc2NC1=O. The lowest BCUT2D eigenvalue weighted by atomic mass is 9.90. The quantitative estimate of drug-likeness (QED) is 0.656. The van der Waals surface area contributed by atoms with Gasteiger partial charge in [0.25, 0.3) is 5.91 Å². The maximum Gasteiger partial charge on any atom is 0.425 e. The monoisotopic (exact) mass is 343 g/mol. The van der Waals surface area contributed by atoms with Crippen LogP contribution in [-0.2, 0) is 15.1 Å². The van der Waals surface area contributed by atoms with Crippen LogP contribution in [0.4, 0.5) is 23.2 Å². The number of allylic oxidation sites excluding steroid dienone is 1. The number of alkyl halides is 3. The standard InChI is InChI=1S/C17H17F4NO2/c1-2-14-15(23)22-13-6-5-11(18)9-12(13)16(24-14,17(19,20)21)8-7-10-3-4-10/h5-10,14H,2-4H2,1H3,(H,22,23)/b8-7+. The van der Waals surface area contributed by atoms with Gasteiger partial charge in [0, 0.05) is 11.3 Å². The summed E-state index contributed by atoms with van der Waals surface area (Å²) in [5, 5.41) is 2.42. The summed E-state index contributed by atoms with van der Waals surface area (Å²) in [5.74, 6) is -1.43. The van der Waals surface area contributed by atoms with Crippen LogP contribution in [0, 0.1) is 11.7 Å². The first-order valence-corrected chi connectivity index (χ1v) is 7.81. The van der Waals surface area contributed by atoms with Crippen molar-refractivity contribution in [1.29, 1.82) is 0 Å². The van der Waals surface area contributed by atoms with Gasteiger partial charge in [0.1, 0.15) is 11.9 Å². The summed E-state index contributed by atoms with van der Waals surface area (Å²) in [6.07, 6.45) is -2.05. The van der Waals surface area contributed by atoms with E-state index in [1.54, 1.807) is 6.92 Å². The van der Waals surface area contributed by atoms with Gasteiger partial charge in [0.2, 0.25) is 5.60 Å². The molecule has 24 heavy (non-hydrogen) atoms. The van der Waals surface area contributed by atoms with Gasteiger partial charge in [-0.15, -0.1) is 0 Å². The van der Waals surface area contributed by atoms with Gasteiger partial charge in [-0.2, -0.15) is 13.2 Å². The first-order valence-electron chi connectivity index (χ1n) is 7.81. The Hall–Kier alpha value is -1.89. The molecule has 3 nitrogen and oxygen atoms in total. The number of amides is 1. The Morgan fingerprint density at radius 3 is 2.67 bits per heavy atom. The van der Waals surface area contributed by atoms with Crippen molar-refractivity contribution in [1.82, 2.24) is 0 Å². The second-order valence-corrected chi connectivity index (χ2v) is 6.12. The van der Waals surface area contributed by atoms with Gasteiger partial charge >= 0.3 is 6.18 Å². The van der Waals surface area contributed by atoms with E-state index in [0.717, 1.165) is 37.1 Å². The summed E-state index contributed by atoms with van der Waals surface area (Å²) in [7, 11) is 0. The van der Waals surface area contributed by atoms with Crippen LogP contribution in [0.5, 0.6) is 0 Å². The zero-order valence-corrected chi connectivity index (χ0v) is 13.0. The van der Waals surface area contributed by atoms with Gasteiger partial charge in [0.05, 0.1) is 0 Å². The highest BCUT2D eigenvalue weighted by atomic mass is 19.4. The van der Waals surface area contributed by atoms with E-state index in [0.29, 0.717) is 0 Å². The maximum absolute atomic E-state index is 14.1. The average Bonchev–Trinajstić information content (AvgIpc) is 3.32. The molecule has 1 amide bonds. The fourth-order valence-electron chi connectivity index (χ4n) is 2.76. The second-order valence-electron chi connectivity index (χ2n) is 6.12. The Kier molecular flexibility index (Phi) is 4.15. The molecule has 3 rings (SSSR count). The summed E-state index contributed by atoms with van der Waals surface area (Å²) < 4.78 is 61.2. The Labute approximate surface area is 136 Å². The number of fused-ring (bicyclic) bond motifs is 1. The van der Waals surface area contributed by atoms with Crippen LogP contribution < -0.4 is 5.32 Å². The van der Waals surface area contributed by atoms with E-state index in [-0.39, 0.29) is 18.0 Å². The van der Waals surface area contributed by atoms with E-state index < -0.39 is 35.2 Å². The average molecular weight is 343 g/mol. The number of halogens is 4. The molecule has 2 unspecified atom stereocenters. The third-order valence-electron chi connectivity index (χ3n) is 4.28. The van der Waals surface area contributed by atoms with Crippen LogP contribution in [0.3, 0.4) is 0 Å². The van der Waals surface area contributed by atoms with Gasteiger partial charge in [-0.3, -0.25) is 4.79 Å². The van der Waals surface area contributed by atoms with E-state index in [4.69, 9.17) is 4.74 Å². The highest BCUT2D eigenvalue weighted by Gasteiger charge is 2.59. The summed E-state index contributed by atoms with van der Waals surface area (Å²) in [6.45, 7) is 1.56. The molecule has 2 aliphatic rings. The number of hydrogen-bond acceptors (Lipinski definition) is 2. The zero-order chi connectivity index (χ0) is 17.5. The summed E-state index contributed by atoms with van der Waals surface area (Å²) in [4.78, 5) is 12.1. The largest absolute Gasteiger partial charge is 0.425 e. The smallest absolute Gasteiger partial charge is 0.344 e. The predicted octanol–water partition coefficient (Wildman–Crippen LogP) is 4.30. The van der Waals surface area contributed by atoms with E-state index in [1.807, 2.05) is 0 Å². The van der Waals surface area contributed by atoms with Crippen molar-refractivity contribution in [2.45, 2.75) is 44.1 Å². The molecule has 1 aliphatic carbocycles. The lowest BCUT2D eigenvalue weighted by Gasteiger charge is -2.34. The van der Waals surface area contributed by atoms with Crippen LogP contribution >= 0.6 is 0 Å². The lowest BCUT2D eigenvalue weighted by molar-refractivity contribution is -0.273. The minimum absolute atomic E-state index is 0.0665. The summed E-state index contributed by atoms with van der Waals surface area (Å²) >= 11 is 0. The molecule has 1 saturated carbocycles.